The van der Waals surface area contributed by atoms with Crippen LogP contribution in [0.4, 0.5) is 0 Å². The molecular formula is C17H23N. The van der Waals surface area contributed by atoms with Crippen LogP contribution in [0.1, 0.15) is 63.0 Å². The maximum Gasteiger partial charge on any atom is 0.0258 e. The second-order valence-electron chi connectivity index (χ2n) is 5.69. The Labute approximate surface area is 110 Å². The van der Waals surface area contributed by atoms with Crippen molar-refractivity contribution in [1.82, 2.24) is 4.98 Å². The molecule has 18 heavy (non-hydrogen) atoms. The lowest BCUT2D eigenvalue weighted by atomic mass is 9.92. The second-order valence-corrected chi connectivity index (χ2v) is 5.69. The Morgan fingerprint density at radius 3 is 2.28 bits per heavy atom. The number of aromatic amines is 1. The van der Waals surface area contributed by atoms with E-state index in [9.17, 15) is 0 Å². The average Bonchev–Trinajstić information content (AvgIpc) is 2.87. The normalized spacial score (nSPS) is 19.3. The molecular weight excluding hydrogens is 218 g/mol. The predicted molar refractivity (Wildman–Crippen MR) is 78.0 cm³/mol. The van der Waals surface area contributed by atoms with Gasteiger partial charge in [0.2, 0.25) is 0 Å². The number of nitrogens with one attached hydrogen (secondary N) is 1. The van der Waals surface area contributed by atoms with E-state index >= 15 is 0 Å². The van der Waals surface area contributed by atoms with Crippen LogP contribution in [0.2, 0.25) is 0 Å². The van der Waals surface area contributed by atoms with Crippen LogP contribution in [0.5, 0.6) is 0 Å². The molecule has 0 radical (unpaired) electrons. The molecule has 1 aromatic carbocycles. The third-order valence-corrected chi connectivity index (χ3v) is 4.40. The summed E-state index contributed by atoms with van der Waals surface area (Å²) in [6, 6.07) is 8.77. The number of H-pyrrole nitrogens is 1. The molecule has 1 heterocycles. The van der Waals surface area contributed by atoms with Gasteiger partial charge in [0.05, 0.1) is 0 Å². The third-order valence-electron chi connectivity index (χ3n) is 4.40. The summed E-state index contributed by atoms with van der Waals surface area (Å²) in [6.45, 7) is 0. The molecule has 0 spiro atoms. The smallest absolute Gasteiger partial charge is 0.0258 e. The molecule has 1 heteroatoms. The van der Waals surface area contributed by atoms with Crippen LogP contribution in [0.15, 0.2) is 30.5 Å². The first-order valence-electron chi connectivity index (χ1n) is 7.51. The first-order chi connectivity index (χ1) is 8.95. The fourth-order valence-electron chi connectivity index (χ4n) is 3.36. The molecule has 3 rings (SSSR count). The van der Waals surface area contributed by atoms with Crippen molar-refractivity contribution in [2.24, 2.45) is 0 Å². The van der Waals surface area contributed by atoms with E-state index in [0.717, 1.165) is 5.92 Å². The molecule has 1 fully saturated rings. The van der Waals surface area contributed by atoms with Gasteiger partial charge in [-0.25, -0.2) is 0 Å². The van der Waals surface area contributed by atoms with E-state index in [-0.39, 0.29) is 0 Å². The minimum atomic E-state index is 0.753. The third kappa shape index (κ3) is 2.45. The Hall–Kier alpha value is -1.24. The highest BCUT2D eigenvalue weighted by molar-refractivity contribution is 5.85. The summed E-state index contributed by atoms with van der Waals surface area (Å²) in [5.74, 6) is 0.753. The van der Waals surface area contributed by atoms with Gasteiger partial charge < -0.3 is 4.98 Å². The molecule has 96 valence electrons. The maximum atomic E-state index is 3.55. The van der Waals surface area contributed by atoms with Crippen LogP contribution in [-0.4, -0.2) is 4.98 Å². The van der Waals surface area contributed by atoms with Crippen molar-refractivity contribution < 1.29 is 0 Å². The molecule has 1 N–H and O–H groups in total. The molecule has 1 aromatic heterocycles. The van der Waals surface area contributed by atoms with Crippen molar-refractivity contribution in [1.29, 1.82) is 0 Å². The van der Waals surface area contributed by atoms with E-state index in [2.05, 4.69) is 35.4 Å². The number of rotatable bonds is 1. The van der Waals surface area contributed by atoms with Crippen LogP contribution in [-0.2, 0) is 0 Å². The topological polar surface area (TPSA) is 15.8 Å². The molecule has 1 aliphatic rings. The van der Waals surface area contributed by atoms with Gasteiger partial charge in [-0.1, -0.05) is 62.8 Å². The molecule has 1 saturated carbocycles. The molecule has 1 nitrogen and oxygen atoms in total. The fourth-order valence-corrected chi connectivity index (χ4v) is 3.36. The lowest BCUT2D eigenvalue weighted by Crippen LogP contribution is -1.99. The highest BCUT2D eigenvalue weighted by Crippen LogP contribution is 2.33. The summed E-state index contributed by atoms with van der Waals surface area (Å²) in [5.41, 5.74) is 1.49. The summed E-state index contributed by atoms with van der Waals surface area (Å²) >= 11 is 0. The summed E-state index contributed by atoms with van der Waals surface area (Å²) in [7, 11) is 0. The summed E-state index contributed by atoms with van der Waals surface area (Å²) in [6.07, 6.45) is 13.4. The molecule has 0 bridgehead atoms. The Bertz CT molecular complexity index is 487. The number of hydrogen-bond acceptors (Lipinski definition) is 0. The van der Waals surface area contributed by atoms with Gasteiger partial charge in [0.15, 0.2) is 0 Å². The maximum absolute atomic E-state index is 3.55. The lowest BCUT2D eigenvalue weighted by Gasteiger charge is -2.15. The quantitative estimate of drug-likeness (QED) is 0.689. The number of aromatic nitrogens is 1. The van der Waals surface area contributed by atoms with E-state index in [1.807, 2.05) is 0 Å². The zero-order valence-corrected chi connectivity index (χ0v) is 11.1. The first kappa shape index (κ1) is 11.8. The molecule has 0 aliphatic heterocycles. The standard InChI is InChI=1S/C17H23N/c1-2-4-6-10-14(9-5-3-1)17-16-12-8-7-11-15(16)13-18-17/h7-8,11-14,18H,1-6,9-10H2. The van der Waals surface area contributed by atoms with Crippen molar-refractivity contribution in [3.63, 3.8) is 0 Å². The fraction of sp³-hybridized carbons (Fsp3) is 0.529. The highest BCUT2D eigenvalue weighted by Gasteiger charge is 2.16. The zero-order valence-electron chi connectivity index (χ0n) is 11.1. The van der Waals surface area contributed by atoms with Gasteiger partial charge in [0.1, 0.15) is 0 Å². The second kappa shape index (κ2) is 5.60. The molecule has 0 saturated heterocycles. The van der Waals surface area contributed by atoms with Crippen molar-refractivity contribution in [2.75, 3.05) is 0 Å². The Morgan fingerprint density at radius 1 is 0.833 bits per heavy atom. The lowest BCUT2D eigenvalue weighted by molar-refractivity contribution is 0.533. The van der Waals surface area contributed by atoms with Crippen LogP contribution in [0.25, 0.3) is 10.8 Å². The van der Waals surface area contributed by atoms with Gasteiger partial charge in [0, 0.05) is 17.3 Å². The monoisotopic (exact) mass is 241 g/mol. The Balaban J connectivity index is 1.86. The van der Waals surface area contributed by atoms with Gasteiger partial charge >= 0.3 is 0 Å². The predicted octanol–water partition coefficient (Wildman–Crippen LogP) is 5.39. The Morgan fingerprint density at radius 2 is 1.50 bits per heavy atom. The average molecular weight is 241 g/mol. The van der Waals surface area contributed by atoms with E-state index in [0.29, 0.717) is 0 Å². The molecule has 0 atom stereocenters. The van der Waals surface area contributed by atoms with Crippen LogP contribution in [0.3, 0.4) is 0 Å². The number of benzene rings is 1. The number of hydrogen-bond donors (Lipinski definition) is 1. The van der Waals surface area contributed by atoms with Gasteiger partial charge in [-0.15, -0.1) is 0 Å². The van der Waals surface area contributed by atoms with Gasteiger partial charge in [-0.3, -0.25) is 0 Å². The molecule has 0 amide bonds. The molecule has 0 unspecified atom stereocenters. The van der Waals surface area contributed by atoms with Crippen molar-refractivity contribution in [3.8, 4) is 0 Å². The van der Waals surface area contributed by atoms with Crippen LogP contribution in [0, 0.1) is 0 Å². The molecule has 1 aliphatic carbocycles. The van der Waals surface area contributed by atoms with E-state index < -0.39 is 0 Å². The van der Waals surface area contributed by atoms with Crippen LogP contribution >= 0.6 is 0 Å². The van der Waals surface area contributed by atoms with Crippen molar-refractivity contribution >= 4 is 10.8 Å². The van der Waals surface area contributed by atoms with Crippen molar-refractivity contribution in [2.45, 2.75) is 57.3 Å². The minimum absolute atomic E-state index is 0.753. The van der Waals surface area contributed by atoms with Gasteiger partial charge in [-0.05, 0) is 24.1 Å². The number of fused-ring (bicyclic) bond motifs is 1. The van der Waals surface area contributed by atoms with Crippen molar-refractivity contribution in [3.05, 3.63) is 36.2 Å². The Kier molecular flexibility index (Phi) is 3.68. The zero-order chi connectivity index (χ0) is 12.2. The summed E-state index contributed by atoms with van der Waals surface area (Å²) in [5, 5.41) is 2.81. The first-order valence-corrected chi connectivity index (χ1v) is 7.51. The molecule has 2 aromatic rings. The summed E-state index contributed by atoms with van der Waals surface area (Å²) in [4.78, 5) is 3.55. The van der Waals surface area contributed by atoms with Crippen LogP contribution < -0.4 is 0 Å². The van der Waals surface area contributed by atoms with E-state index in [1.54, 1.807) is 0 Å². The van der Waals surface area contributed by atoms with E-state index in [1.165, 1.54) is 67.8 Å². The largest absolute Gasteiger partial charge is 0.364 e. The highest BCUT2D eigenvalue weighted by atomic mass is 14.7. The summed E-state index contributed by atoms with van der Waals surface area (Å²) < 4.78 is 0. The van der Waals surface area contributed by atoms with Gasteiger partial charge in [-0.2, -0.15) is 0 Å². The SMILES string of the molecule is c1ccc2c(C3CCCCCCCC3)[nH]cc2c1. The van der Waals surface area contributed by atoms with Gasteiger partial charge in [0.25, 0.3) is 0 Å². The van der Waals surface area contributed by atoms with E-state index in [4.69, 9.17) is 0 Å². The minimum Gasteiger partial charge on any atom is -0.364 e.